The van der Waals surface area contributed by atoms with Crippen LogP contribution < -0.4 is 4.90 Å². The normalized spacial score (nSPS) is 26.7. The molecule has 27 heavy (non-hydrogen) atoms. The summed E-state index contributed by atoms with van der Waals surface area (Å²) in [6.45, 7) is 4.09. The molecule has 3 aliphatic rings. The summed E-state index contributed by atoms with van der Waals surface area (Å²) in [4.78, 5) is 13.8. The van der Waals surface area contributed by atoms with E-state index in [0.717, 1.165) is 43.4 Å². The van der Waals surface area contributed by atoms with Gasteiger partial charge in [0, 0.05) is 50.4 Å². The highest BCUT2D eigenvalue weighted by Crippen LogP contribution is 2.40. The molecule has 2 fully saturated rings. The first-order valence-corrected chi connectivity index (χ1v) is 11.4. The number of rotatable bonds is 3. The van der Waals surface area contributed by atoms with Gasteiger partial charge in [0.1, 0.15) is 0 Å². The Hall–Kier alpha value is -1.99. The molecule has 2 atom stereocenters. The molecule has 1 aromatic heterocycles. The van der Waals surface area contributed by atoms with Crippen molar-refractivity contribution in [1.29, 1.82) is 0 Å². The Morgan fingerprint density at radius 3 is 2.63 bits per heavy atom. The molecule has 2 saturated heterocycles. The molecule has 0 amide bonds. The lowest BCUT2D eigenvalue weighted by molar-refractivity contribution is 0.326. The highest BCUT2D eigenvalue weighted by atomic mass is 32.2. The molecule has 0 unspecified atom stereocenters. The zero-order valence-electron chi connectivity index (χ0n) is 15.3. The lowest BCUT2D eigenvalue weighted by Crippen LogP contribution is -2.35. The van der Waals surface area contributed by atoms with Crippen LogP contribution in [0.3, 0.4) is 0 Å². The highest BCUT2D eigenvalue weighted by Gasteiger charge is 2.47. The minimum absolute atomic E-state index is 0.0492. The Morgan fingerprint density at radius 1 is 1.07 bits per heavy atom. The van der Waals surface area contributed by atoms with Gasteiger partial charge in [0.15, 0.2) is 9.84 Å². The molecule has 142 valence electrons. The van der Waals surface area contributed by atoms with E-state index in [-0.39, 0.29) is 16.9 Å². The highest BCUT2D eigenvalue weighted by molar-refractivity contribution is 7.91. The van der Waals surface area contributed by atoms with Gasteiger partial charge in [-0.25, -0.2) is 18.4 Å². The predicted molar refractivity (Wildman–Crippen MR) is 104 cm³/mol. The third-order valence-electron chi connectivity index (χ3n) is 6.03. The Bertz CT molecular complexity index is 942. The molecule has 0 saturated carbocycles. The van der Waals surface area contributed by atoms with Crippen molar-refractivity contribution < 1.29 is 8.42 Å². The maximum atomic E-state index is 12.9. The Balaban J connectivity index is 1.46. The largest absolute Gasteiger partial charge is 0.341 e. The van der Waals surface area contributed by atoms with Gasteiger partial charge in [-0.15, -0.1) is 0 Å². The number of nitrogens with zero attached hydrogens (tertiary/aromatic N) is 4. The topological polar surface area (TPSA) is 66.4 Å². The van der Waals surface area contributed by atoms with E-state index < -0.39 is 9.84 Å². The van der Waals surface area contributed by atoms with Crippen LogP contribution >= 0.6 is 0 Å². The van der Waals surface area contributed by atoms with Gasteiger partial charge in [-0.3, -0.25) is 4.90 Å². The summed E-state index contributed by atoms with van der Waals surface area (Å²) < 4.78 is 25.7. The standard InChI is InChI=1S/C20H24N4O2S/c25-27(26)14-16-10-21-20(24-8-4-5-9-24)22-19(16)17-12-23(13-18(17)27)11-15-6-2-1-3-7-15/h1-3,6-7,10,17-18H,4-5,8-9,11-14H2/t17-,18+/m0/s1. The third-order valence-corrected chi connectivity index (χ3v) is 8.15. The van der Waals surface area contributed by atoms with E-state index in [1.165, 1.54) is 18.4 Å². The van der Waals surface area contributed by atoms with Gasteiger partial charge in [0.05, 0.1) is 16.7 Å². The van der Waals surface area contributed by atoms with Gasteiger partial charge in [-0.05, 0) is 18.4 Å². The molecule has 0 aliphatic carbocycles. The molecule has 0 bridgehead atoms. The predicted octanol–water partition coefficient (Wildman–Crippen LogP) is 1.97. The van der Waals surface area contributed by atoms with Crippen LogP contribution in [0.25, 0.3) is 0 Å². The van der Waals surface area contributed by atoms with Crippen LogP contribution in [-0.2, 0) is 22.1 Å². The van der Waals surface area contributed by atoms with E-state index in [4.69, 9.17) is 4.98 Å². The first-order valence-electron chi connectivity index (χ1n) is 9.69. The molecular formula is C20H24N4O2S. The van der Waals surface area contributed by atoms with Gasteiger partial charge in [0.2, 0.25) is 5.95 Å². The number of fused-ring (bicyclic) bond motifs is 3. The molecule has 0 N–H and O–H groups in total. The second-order valence-electron chi connectivity index (χ2n) is 7.91. The monoisotopic (exact) mass is 384 g/mol. The summed E-state index contributed by atoms with van der Waals surface area (Å²) >= 11 is 0. The number of anilines is 1. The Labute approximate surface area is 160 Å². The van der Waals surface area contributed by atoms with Gasteiger partial charge in [-0.2, -0.15) is 0 Å². The first-order chi connectivity index (χ1) is 13.1. The van der Waals surface area contributed by atoms with Crippen molar-refractivity contribution in [2.75, 3.05) is 31.1 Å². The van der Waals surface area contributed by atoms with Crippen molar-refractivity contribution in [3.63, 3.8) is 0 Å². The van der Waals surface area contributed by atoms with Crippen molar-refractivity contribution in [3.05, 3.63) is 53.3 Å². The quantitative estimate of drug-likeness (QED) is 0.806. The number of benzene rings is 1. The van der Waals surface area contributed by atoms with Crippen molar-refractivity contribution in [3.8, 4) is 0 Å². The summed E-state index contributed by atoms with van der Waals surface area (Å²) in [6, 6.07) is 10.3. The van der Waals surface area contributed by atoms with Crippen molar-refractivity contribution in [1.82, 2.24) is 14.9 Å². The molecule has 0 spiro atoms. The fraction of sp³-hybridized carbons (Fsp3) is 0.500. The average Bonchev–Trinajstić information content (AvgIpc) is 3.33. The third kappa shape index (κ3) is 3.12. The number of hydrogen-bond acceptors (Lipinski definition) is 6. The SMILES string of the molecule is O=S1(=O)Cc2cnc(N3CCCC3)nc2[C@H]2CN(Cc3ccccc3)C[C@H]21. The van der Waals surface area contributed by atoms with Crippen LogP contribution in [-0.4, -0.2) is 54.7 Å². The van der Waals surface area contributed by atoms with E-state index in [0.29, 0.717) is 6.54 Å². The van der Waals surface area contributed by atoms with Crippen LogP contribution in [0.4, 0.5) is 5.95 Å². The number of aromatic nitrogens is 2. The maximum Gasteiger partial charge on any atom is 0.225 e. The summed E-state index contributed by atoms with van der Waals surface area (Å²) in [5.41, 5.74) is 2.97. The minimum atomic E-state index is -3.17. The van der Waals surface area contributed by atoms with Crippen molar-refractivity contribution in [2.24, 2.45) is 0 Å². The molecule has 6 nitrogen and oxygen atoms in total. The van der Waals surface area contributed by atoms with Gasteiger partial charge < -0.3 is 4.90 Å². The molecule has 3 aliphatic heterocycles. The molecule has 4 heterocycles. The lowest BCUT2D eigenvalue weighted by atomic mass is 10.00. The van der Waals surface area contributed by atoms with Crippen LogP contribution in [0.5, 0.6) is 0 Å². The Morgan fingerprint density at radius 2 is 1.85 bits per heavy atom. The summed E-state index contributed by atoms with van der Waals surface area (Å²) in [5, 5.41) is -0.352. The first kappa shape index (κ1) is 17.1. The van der Waals surface area contributed by atoms with Gasteiger partial charge in [0.25, 0.3) is 0 Å². The fourth-order valence-electron chi connectivity index (χ4n) is 4.68. The zero-order chi connectivity index (χ0) is 18.4. The number of likely N-dealkylation sites (tertiary alicyclic amines) is 1. The smallest absolute Gasteiger partial charge is 0.225 e. The number of hydrogen-bond donors (Lipinski definition) is 0. The molecule has 1 aromatic carbocycles. The van der Waals surface area contributed by atoms with Crippen molar-refractivity contribution >= 4 is 15.8 Å². The van der Waals surface area contributed by atoms with E-state index in [9.17, 15) is 8.42 Å². The number of sulfone groups is 1. The molecule has 2 aromatic rings. The van der Waals surface area contributed by atoms with Crippen LogP contribution in [0, 0.1) is 0 Å². The molecule has 0 radical (unpaired) electrons. The summed E-state index contributed by atoms with van der Waals surface area (Å²) in [5.74, 6) is 0.792. The minimum Gasteiger partial charge on any atom is -0.341 e. The van der Waals surface area contributed by atoms with Crippen LogP contribution in [0.15, 0.2) is 36.5 Å². The van der Waals surface area contributed by atoms with Crippen LogP contribution in [0.1, 0.15) is 35.6 Å². The van der Waals surface area contributed by atoms with E-state index >= 15 is 0 Å². The molecule has 5 rings (SSSR count). The molecular weight excluding hydrogens is 360 g/mol. The van der Waals surface area contributed by atoms with Gasteiger partial charge >= 0.3 is 0 Å². The van der Waals surface area contributed by atoms with E-state index in [1.54, 1.807) is 6.20 Å². The van der Waals surface area contributed by atoms with E-state index in [1.807, 2.05) is 18.2 Å². The van der Waals surface area contributed by atoms with Gasteiger partial charge in [-0.1, -0.05) is 30.3 Å². The summed E-state index contributed by atoms with van der Waals surface area (Å²) in [7, 11) is -3.17. The zero-order valence-corrected chi connectivity index (χ0v) is 16.1. The summed E-state index contributed by atoms with van der Waals surface area (Å²) in [6.07, 6.45) is 4.10. The molecule has 7 heteroatoms. The lowest BCUT2D eigenvalue weighted by Gasteiger charge is -2.27. The fourth-order valence-corrected chi connectivity index (χ4v) is 6.71. The second kappa shape index (κ2) is 6.56. The Kier molecular flexibility index (Phi) is 4.16. The average molecular weight is 385 g/mol. The second-order valence-corrected chi connectivity index (χ2v) is 10.1. The van der Waals surface area contributed by atoms with Crippen molar-refractivity contribution in [2.45, 2.75) is 36.3 Å². The maximum absolute atomic E-state index is 12.9. The van der Waals surface area contributed by atoms with Crippen LogP contribution in [0.2, 0.25) is 0 Å². The van der Waals surface area contributed by atoms with E-state index in [2.05, 4.69) is 26.9 Å².